The number of carbonyl (C=O) groups excluding carboxylic acids is 3. The van der Waals surface area contributed by atoms with Gasteiger partial charge in [0, 0.05) is 41.4 Å². The third-order valence-corrected chi connectivity index (χ3v) is 17.0. The third-order valence-electron chi connectivity index (χ3n) is 13.6. The summed E-state index contributed by atoms with van der Waals surface area (Å²) in [5.41, 5.74) is 4.49. The van der Waals surface area contributed by atoms with Crippen LogP contribution >= 0.6 is 22.9 Å². The van der Waals surface area contributed by atoms with Gasteiger partial charge in [0.05, 0.1) is 45.7 Å². The van der Waals surface area contributed by atoms with E-state index < -0.39 is 44.3 Å². The number of sulfonamides is 1. The maximum absolute atomic E-state index is 14.1. The van der Waals surface area contributed by atoms with Crippen LogP contribution in [0, 0.1) is 18.3 Å². The van der Waals surface area contributed by atoms with Crippen LogP contribution in [0.15, 0.2) is 60.0 Å². The number of aromatic nitrogens is 2. The van der Waals surface area contributed by atoms with Gasteiger partial charge in [-0.1, -0.05) is 83.3 Å². The summed E-state index contributed by atoms with van der Waals surface area (Å²) in [5, 5.41) is 18.7. The number of aliphatic hydroxyl groups is 1. The Kier molecular flexibility index (Phi) is 14.3. The fourth-order valence-electron chi connectivity index (χ4n) is 8.86. The van der Waals surface area contributed by atoms with E-state index in [-0.39, 0.29) is 42.4 Å². The van der Waals surface area contributed by atoms with E-state index >= 15 is 0 Å². The van der Waals surface area contributed by atoms with Crippen molar-refractivity contribution >= 4 is 67.1 Å². The van der Waals surface area contributed by atoms with Crippen molar-refractivity contribution in [1.29, 1.82) is 0 Å². The number of methoxy groups -OCH3 is 1. The van der Waals surface area contributed by atoms with E-state index in [2.05, 4.69) is 67.2 Å². The minimum absolute atomic E-state index is 0.0463. The molecule has 4 aromatic rings. The standard InChI is InChI=1S/C33H47N3O6S.C17H17ClN2OS/c1-31(2,3)22-12-10-13-24(17-22)34-26-14-9-7-5-6-8-11-23-19-33(23,30(40)35-43(41,42)32(4)15-16-32)20-28(38)27-18-25(37)21-36(27)29(26)39;1-9(2)14-8-22-17(20-14)13-7-12(18)11-5-6-15(21-4)10(3)16(11)19-13/h8,10-13,17,23,25-27,34,37H,5-7,9,14-16,18-21H2,1-4H3,(H,35,40);5-9H,1-4H3/b11-8-;/t23-,25-,26+,27+,33-;/m1./s1. The molecular formula is C50H64ClN5O7S2. The predicted molar refractivity (Wildman–Crippen MR) is 259 cm³/mol. The summed E-state index contributed by atoms with van der Waals surface area (Å²) in [6.07, 6.45) is 8.48. The number of aryl methyl sites for hydroxylation is 1. The zero-order chi connectivity index (χ0) is 47.1. The number of hydrogen-bond acceptors (Lipinski definition) is 11. The van der Waals surface area contributed by atoms with Crippen molar-refractivity contribution in [1.82, 2.24) is 19.6 Å². The lowest BCUT2D eigenvalue weighted by molar-refractivity contribution is -0.139. The molecule has 12 nitrogen and oxygen atoms in total. The molecule has 2 aromatic carbocycles. The average Bonchev–Trinajstić information content (AvgIpc) is 4.03. The number of thiazole rings is 1. The lowest BCUT2D eigenvalue weighted by atomic mass is 9.87. The summed E-state index contributed by atoms with van der Waals surface area (Å²) >= 11 is 8.05. The van der Waals surface area contributed by atoms with Gasteiger partial charge in [-0.3, -0.25) is 19.1 Å². The Balaban J connectivity index is 0.000000239. The number of ether oxygens (including phenoxy) is 1. The Labute approximate surface area is 393 Å². The Morgan fingerprint density at radius 3 is 2.51 bits per heavy atom. The number of halogens is 1. The van der Waals surface area contributed by atoms with Crippen molar-refractivity contribution in [2.75, 3.05) is 19.0 Å². The van der Waals surface area contributed by atoms with E-state index in [1.54, 1.807) is 25.4 Å². The Hall–Kier alpha value is -4.37. The molecule has 0 unspecified atom stereocenters. The van der Waals surface area contributed by atoms with Gasteiger partial charge >= 0.3 is 0 Å². The molecule has 2 aliphatic carbocycles. The number of ketones is 1. The molecule has 2 aromatic heterocycles. The number of rotatable bonds is 8. The Morgan fingerprint density at radius 1 is 1.08 bits per heavy atom. The predicted octanol–water partition coefficient (Wildman–Crippen LogP) is 9.66. The van der Waals surface area contributed by atoms with Gasteiger partial charge in [-0.05, 0) is 106 Å². The molecule has 350 valence electrons. The van der Waals surface area contributed by atoms with Crippen molar-refractivity contribution < 1.29 is 32.6 Å². The number of nitrogens with zero attached hydrogens (tertiary/aromatic N) is 3. The van der Waals surface area contributed by atoms with E-state index in [1.807, 2.05) is 49.4 Å². The summed E-state index contributed by atoms with van der Waals surface area (Å²) in [6.45, 7) is 14.3. The highest BCUT2D eigenvalue weighted by Crippen LogP contribution is 2.57. The zero-order valence-electron chi connectivity index (χ0n) is 38.9. The van der Waals surface area contributed by atoms with Crippen LogP contribution in [0.5, 0.6) is 5.75 Å². The van der Waals surface area contributed by atoms with E-state index in [0.717, 1.165) is 75.5 Å². The first kappa shape index (κ1) is 48.6. The monoisotopic (exact) mass is 945 g/mol. The first-order valence-electron chi connectivity index (χ1n) is 22.9. The van der Waals surface area contributed by atoms with Crippen molar-refractivity contribution in [2.45, 2.75) is 147 Å². The summed E-state index contributed by atoms with van der Waals surface area (Å²) in [4.78, 5) is 52.4. The molecule has 2 aliphatic heterocycles. The van der Waals surface area contributed by atoms with Gasteiger partial charge in [0.15, 0.2) is 5.78 Å². The van der Waals surface area contributed by atoms with E-state index in [9.17, 15) is 27.9 Å². The van der Waals surface area contributed by atoms with Crippen LogP contribution in [-0.4, -0.2) is 82.6 Å². The minimum atomic E-state index is -3.86. The first-order valence-corrected chi connectivity index (χ1v) is 25.6. The number of pyridine rings is 1. The number of fused-ring (bicyclic) bond motifs is 3. The second kappa shape index (κ2) is 19.1. The molecule has 4 aliphatic rings. The molecule has 4 heterocycles. The largest absolute Gasteiger partial charge is 0.496 e. The van der Waals surface area contributed by atoms with Crippen molar-refractivity contribution in [3.05, 3.63) is 81.8 Å². The lowest BCUT2D eigenvalue weighted by Gasteiger charge is -2.30. The van der Waals surface area contributed by atoms with Gasteiger partial charge < -0.3 is 20.1 Å². The van der Waals surface area contributed by atoms with Gasteiger partial charge in [0.1, 0.15) is 22.5 Å². The summed E-state index contributed by atoms with van der Waals surface area (Å²) in [7, 11) is -2.20. The number of nitrogens with one attached hydrogen (secondary N) is 2. The zero-order valence-corrected chi connectivity index (χ0v) is 41.3. The normalized spacial score (nSPS) is 25.1. The lowest BCUT2D eigenvalue weighted by Crippen LogP contribution is -2.49. The van der Waals surface area contributed by atoms with E-state index in [1.165, 1.54) is 4.90 Å². The molecule has 0 bridgehead atoms. The number of allylic oxidation sites excluding steroid dienone is 2. The highest BCUT2D eigenvalue weighted by atomic mass is 35.5. The summed E-state index contributed by atoms with van der Waals surface area (Å²) in [5.74, 6) is -0.210. The Morgan fingerprint density at radius 2 is 1.83 bits per heavy atom. The Bertz CT molecular complexity index is 2580. The van der Waals surface area contributed by atoms with Gasteiger partial charge in [-0.25, -0.2) is 18.4 Å². The third kappa shape index (κ3) is 10.6. The second-order valence-corrected chi connectivity index (χ2v) is 23.5. The van der Waals surface area contributed by atoms with Crippen LogP contribution in [0.3, 0.4) is 0 Å². The SMILES string of the molecule is CC(C)(C)c1cccc(N[C@H]2CCCCC/C=C\[C@@H]3C[C@@]3(C(=O)NS(=O)(=O)C3(C)CC3)CC(=O)[C@@H]3C[C@@H](O)CN3C2=O)c1.COc1ccc2c(Cl)cc(-c3nc(C(C)C)cs3)nc2c1C. The van der Waals surface area contributed by atoms with E-state index in [0.29, 0.717) is 36.6 Å². The van der Waals surface area contributed by atoms with Crippen molar-refractivity contribution in [2.24, 2.45) is 11.3 Å². The van der Waals surface area contributed by atoms with Gasteiger partial charge in [-0.15, -0.1) is 11.3 Å². The maximum Gasteiger partial charge on any atom is 0.245 e. The topological polar surface area (TPSA) is 168 Å². The van der Waals surface area contributed by atoms with Gasteiger partial charge in [0.25, 0.3) is 0 Å². The molecule has 3 fully saturated rings. The molecular weight excluding hydrogens is 882 g/mol. The fraction of sp³-hybridized carbons (Fsp3) is 0.540. The fourth-order valence-corrected chi connectivity index (χ4v) is 11.4. The maximum atomic E-state index is 14.1. The molecule has 0 spiro atoms. The number of benzene rings is 2. The molecule has 2 amide bonds. The van der Waals surface area contributed by atoms with Crippen LogP contribution in [0.25, 0.3) is 21.6 Å². The average molecular weight is 947 g/mol. The minimum Gasteiger partial charge on any atom is -0.496 e. The molecule has 8 rings (SSSR count). The molecule has 1 saturated heterocycles. The van der Waals surface area contributed by atoms with Gasteiger partial charge in [-0.2, -0.15) is 0 Å². The van der Waals surface area contributed by atoms with Crippen LogP contribution < -0.4 is 14.8 Å². The number of anilines is 1. The van der Waals surface area contributed by atoms with Gasteiger partial charge in [0.2, 0.25) is 21.8 Å². The molecule has 15 heteroatoms. The molecule has 3 N–H and O–H groups in total. The smallest absolute Gasteiger partial charge is 0.245 e. The number of amides is 2. The molecule has 0 radical (unpaired) electrons. The summed E-state index contributed by atoms with van der Waals surface area (Å²) < 4.78 is 32.6. The van der Waals surface area contributed by atoms with Crippen molar-refractivity contribution in [3.63, 3.8) is 0 Å². The number of Topliss-reactive ketones (excluding diaryl/α,β-unsaturated/α-hetero) is 1. The number of hydrogen-bond donors (Lipinski definition) is 3. The van der Waals surface area contributed by atoms with Crippen LogP contribution in [0.1, 0.15) is 128 Å². The van der Waals surface area contributed by atoms with E-state index in [4.69, 9.17) is 21.3 Å². The van der Waals surface area contributed by atoms with Crippen molar-refractivity contribution in [3.8, 4) is 16.5 Å². The highest BCUT2D eigenvalue weighted by Gasteiger charge is 2.62. The molecule has 65 heavy (non-hydrogen) atoms. The summed E-state index contributed by atoms with van der Waals surface area (Å²) in [6, 6.07) is 12.3. The van der Waals surface area contributed by atoms with Crippen LogP contribution in [-0.2, 0) is 29.8 Å². The second-order valence-electron chi connectivity index (χ2n) is 20.0. The molecule has 2 saturated carbocycles. The number of aliphatic hydroxyl groups excluding tert-OH is 1. The highest BCUT2D eigenvalue weighted by molar-refractivity contribution is 7.91. The molecule has 5 atom stereocenters. The number of carbonyl (C=O) groups is 3. The quantitative estimate of drug-likeness (QED) is 0.145. The van der Waals surface area contributed by atoms with Crippen LogP contribution in [0.2, 0.25) is 5.02 Å². The first-order chi connectivity index (χ1) is 30.7. The van der Waals surface area contributed by atoms with Crippen LogP contribution in [0.4, 0.5) is 5.69 Å².